The maximum atomic E-state index is 10.2. The van der Waals surface area contributed by atoms with Gasteiger partial charge in [0.05, 0.1) is 11.7 Å². The molecule has 0 aromatic heterocycles. The summed E-state index contributed by atoms with van der Waals surface area (Å²) in [7, 11) is 0. The lowest BCUT2D eigenvalue weighted by atomic mass is 9.48. The number of hydrogen-bond acceptors (Lipinski definition) is 2. The van der Waals surface area contributed by atoms with Crippen LogP contribution in [0.1, 0.15) is 98.3 Å². The summed E-state index contributed by atoms with van der Waals surface area (Å²) in [5, 5.41) is 20.3. The van der Waals surface area contributed by atoms with Crippen LogP contribution in [0.15, 0.2) is 11.6 Å². The average molecular weight is 375 g/mol. The van der Waals surface area contributed by atoms with E-state index in [0.717, 1.165) is 43.4 Å². The zero-order valence-electron chi connectivity index (χ0n) is 18.1. The van der Waals surface area contributed by atoms with Gasteiger partial charge in [0, 0.05) is 0 Å². The Kier molecular flexibility index (Phi) is 5.08. The van der Waals surface area contributed by atoms with Crippen LogP contribution >= 0.6 is 0 Å². The summed E-state index contributed by atoms with van der Waals surface area (Å²) in [5.74, 6) is 3.22. The van der Waals surface area contributed by atoms with Crippen LogP contribution in [0.2, 0.25) is 0 Å². The number of fused-ring (bicyclic) bond motifs is 5. The summed E-state index contributed by atoms with van der Waals surface area (Å²) in [4.78, 5) is 0. The Morgan fingerprint density at radius 2 is 1.89 bits per heavy atom. The second-order valence-electron chi connectivity index (χ2n) is 11.7. The average Bonchev–Trinajstić information content (AvgIpc) is 2.91. The summed E-state index contributed by atoms with van der Waals surface area (Å²) >= 11 is 0. The Labute approximate surface area is 166 Å². The maximum Gasteiger partial charge on any atom is 0.0591 e. The maximum absolute atomic E-state index is 10.2. The molecule has 4 aliphatic rings. The standard InChI is InChI=1S/C25H42O2/c1-23(2,27)13-5-6-17-8-10-21-20-9-7-18-16-19(26)11-14-25(18,4)22(20)12-15-24(17,21)3/h12,17-21,26-27H,5-11,13-16H2,1-4H3. The monoisotopic (exact) mass is 374 g/mol. The van der Waals surface area contributed by atoms with Crippen molar-refractivity contribution in [2.24, 2.45) is 34.5 Å². The number of aliphatic hydroxyl groups is 2. The van der Waals surface area contributed by atoms with Crippen LogP contribution in [-0.2, 0) is 0 Å². The molecule has 0 aromatic rings. The van der Waals surface area contributed by atoms with Crippen molar-refractivity contribution in [3.8, 4) is 0 Å². The smallest absolute Gasteiger partial charge is 0.0591 e. The van der Waals surface area contributed by atoms with E-state index in [2.05, 4.69) is 19.9 Å². The van der Waals surface area contributed by atoms with E-state index in [1.165, 1.54) is 44.9 Å². The minimum atomic E-state index is -0.517. The number of rotatable bonds is 4. The predicted molar refractivity (Wildman–Crippen MR) is 111 cm³/mol. The highest BCUT2D eigenvalue weighted by atomic mass is 16.3. The molecule has 0 spiro atoms. The third-order valence-corrected chi connectivity index (χ3v) is 9.53. The summed E-state index contributed by atoms with van der Waals surface area (Å²) in [6, 6.07) is 0. The molecule has 4 rings (SSSR count). The van der Waals surface area contributed by atoms with E-state index in [4.69, 9.17) is 0 Å². The van der Waals surface area contributed by atoms with Crippen LogP contribution in [0.3, 0.4) is 0 Å². The highest BCUT2D eigenvalue weighted by molar-refractivity contribution is 5.28. The summed E-state index contributed by atoms with van der Waals surface area (Å²) < 4.78 is 0. The molecule has 7 atom stereocenters. The van der Waals surface area contributed by atoms with Gasteiger partial charge < -0.3 is 10.2 Å². The predicted octanol–water partition coefficient (Wildman–Crippen LogP) is 5.87. The second-order valence-corrected chi connectivity index (χ2v) is 11.7. The molecule has 27 heavy (non-hydrogen) atoms. The fourth-order valence-electron chi connectivity index (χ4n) is 7.86. The third kappa shape index (κ3) is 3.44. The van der Waals surface area contributed by atoms with E-state index in [-0.39, 0.29) is 6.10 Å². The molecule has 0 radical (unpaired) electrons. The third-order valence-electron chi connectivity index (χ3n) is 9.53. The van der Waals surface area contributed by atoms with Gasteiger partial charge in [0.1, 0.15) is 0 Å². The van der Waals surface area contributed by atoms with Crippen molar-refractivity contribution in [2.75, 3.05) is 0 Å². The van der Waals surface area contributed by atoms with E-state index in [9.17, 15) is 10.2 Å². The van der Waals surface area contributed by atoms with E-state index in [0.29, 0.717) is 16.7 Å². The van der Waals surface area contributed by atoms with Crippen molar-refractivity contribution in [3.05, 3.63) is 11.6 Å². The van der Waals surface area contributed by atoms with Crippen molar-refractivity contribution >= 4 is 0 Å². The zero-order chi connectivity index (χ0) is 19.4. The molecular formula is C25H42O2. The Bertz CT molecular complexity index is 588. The number of aliphatic hydroxyl groups excluding tert-OH is 1. The minimum Gasteiger partial charge on any atom is -0.393 e. The Morgan fingerprint density at radius 3 is 2.63 bits per heavy atom. The molecule has 154 valence electrons. The first-order valence-corrected chi connectivity index (χ1v) is 11.7. The van der Waals surface area contributed by atoms with Gasteiger partial charge in [-0.05, 0) is 113 Å². The van der Waals surface area contributed by atoms with Crippen LogP contribution in [0, 0.1) is 34.5 Å². The van der Waals surface area contributed by atoms with Crippen molar-refractivity contribution in [3.63, 3.8) is 0 Å². The summed E-state index contributed by atoms with van der Waals surface area (Å²) in [6.45, 7) is 9.01. The first-order chi connectivity index (χ1) is 12.6. The van der Waals surface area contributed by atoms with Gasteiger partial charge >= 0.3 is 0 Å². The van der Waals surface area contributed by atoms with Crippen LogP contribution in [0.4, 0.5) is 0 Å². The van der Waals surface area contributed by atoms with E-state index in [1.54, 1.807) is 5.57 Å². The Morgan fingerprint density at radius 1 is 1.11 bits per heavy atom. The first-order valence-electron chi connectivity index (χ1n) is 11.7. The normalized spacial score (nSPS) is 47.0. The van der Waals surface area contributed by atoms with E-state index in [1.807, 2.05) is 13.8 Å². The highest BCUT2D eigenvalue weighted by Gasteiger charge is 2.56. The lowest BCUT2D eigenvalue weighted by molar-refractivity contribution is -0.0130. The molecule has 0 amide bonds. The molecule has 4 aliphatic carbocycles. The molecule has 0 aromatic carbocycles. The molecule has 0 bridgehead atoms. The summed E-state index contributed by atoms with van der Waals surface area (Å²) in [6.07, 6.45) is 16.0. The largest absolute Gasteiger partial charge is 0.393 e. The molecule has 2 heteroatoms. The number of hydrogen-bond donors (Lipinski definition) is 2. The van der Waals surface area contributed by atoms with Crippen molar-refractivity contribution in [1.29, 1.82) is 0 Å². The Balaban J connectivity index is 1.51. The summed E-state index contributed by atoms with van der Waals surface area (Å²) in [5.41, 5.74) is 2.12. The van der Waals surface area contributed by atoms with Gasteiger partial charge in [0.2, 0.25) is 0 Å². The fraction of sp³-hybridized carbons (Fsp3) is 0.920. The van der Waals surface area contributed by atoms with Gasteiger partial charge in [-0.15, -0.1) is 0 Å². The van der Waals surface area contributed by atoms with Gasteiger partial charge in [0.25, 0.3) is 0 Å². The molecule has 0 aliphatic heterocycles. The lowest BCUT2D eigenvalue weighted by Crippen LogP contribution is -2.48. The molecule has 2 nitrogen and oxygen atoms in total. The quantitative estimate of drug-likeness (QED) is 0.604. The molecular weight excluding hydrogens is 332 g/mol. The van der Waals surface area contributed by atoms with Crippen molar-refractivity contribution < 1.29 is 10.2 Å². The number of allylic oxidation sites excluding steroid dienone is 2. The van der Waals surface area contributed by atoms with Crippen LogP contribution in [0.25, 0.3) is 0 Å². The topological polar surface area (TPSA) is 40.5 Å². The SMILES string of the molecule is CC(C)(O)CCCC1CCC2C3CCC4CC(O)CCC4(C)C3=CCC12C. The van der Waals surface area contributed by atoms with Crippen LogP contribution in [-0.4, -0.2) is 21.9 Å². The van der Waals surface area contributed by atoms with Gasteiger partial charge in [-0.2, -0.15) is 0 Å². The van der Waals surface area contributed by atoms with Crippen molar-refractivity contribution in [1.82, 2.24) is 0 Å². The second kappa shape index (κ2) is 6.87. The molecule has 2 N–H and O–H groups in total. The minimum absolute atomic E-state index is 0.0549. The van der Waals surface area contributed by atoms with Crippen molar-refractivity contribution in [2.45, 2.75) is 110 Å². The van der Waals surface area contributed by atoms with Crippen LogP contribution < -0.4 is 0 Å². The zero-order valence-corrected chi connectivity index (χ0v) is 18.1. The van der Waals surface area contributed by atoms with E-state index < -0.39 is 5.60 Å². The molecule has 0 heterocycles. The molecule has 3 fully saturated rings. The Hall–Kier alpha value is -0.340. The van der Waals surface area contributed by atoms with E-state index >= 15 is 0 Å². The fourth-order valence-corrected chi connectivity index (χ4v) is 7.86. The lowest BCUT2D eigenvalue weighted by Gasteiger charge is -2.56. The highest BCUT2D eigenvalue weighted by Crippen LogP contribution is 2.65. The van der Waals surface area contributed by atoms with Gasteiger partial charge in [0.15, 0.2) is 0 Å². The van der Waals surface area contributed by atoms with Crippen LogP contribution in [0.5, 0.6) is 0 Å². The van der Waals surface area contributed by atoms with Gasteiger partial charge in [-0.3, -0.25) is 0 Å². The van der Waals surface area contributed by atoms with Gasteiger partial charge in [-0.1, -0.05) is 31.9 Å². The first kappa shape index (κ1) is 20.0. The molecule has 0 saturated heterocycles. The molecule has 3 saturated carbocycles. The van der Waals surface area contributed by atoms with Gasteiger partial charge in [-0.25, -0.2) is 0 Å². The molecule has 7 unspecified atom stereocenters.